The van der Waals surface area contributed by atoms with Crippen LogP contribution in [-0.2, 0) is 15.3 Å². The lowest BCUT2D eigenvalue weighted by molar-refractivity contribution is -0.132. The molecule has 12 heteroatoms. The van der Waals surface area contributed by atoms with Crippen molar-refractivity contribution in [1.29, 1.82) is 0 Å². The van der Waals surface area contributed by atoms with E-state index in [2.05, 4.69) is 46.4 Å². The zero-order valence-electron chi connectivity index (χ0n) is 28.5. The Morgan fingerprint density at radius 2 is 1.76 bits per heavy atom. The smallest absolute Gasteiger partial charge is 0.301 e. The molecule has 3 aromatic heterocycles. The fourth-order valence-electron chi connectivity index (χ4n) is 6.40. The Bertz CT molecular complexity index is 2270. The summed E-state index contributed by atoms with van der Waals surface area (Å²) in [5.41, 5.74) is 3.07. The van der Waals surface area contributed by atoms with Crippen LogP contribution in [0.5, 0.6) is 11.5 Å². The number of hydrogen-bond acceptors (Lipinski definition) is 10. The van der Waals surface area contributed by atoms with Gasteiger partial charge in [0.2, 0.25) is 5.13 Å². The minimum atomic E-state index is -1.03. The molecule has 1 amide bonds. The highest BCUT2D eigenvalue weighted by molar-refractivity contribution is 8.00. The molecule has 1 saturated heterocycles. The second kappa shape index (κ2) is 15.0. The van der Waals surface area contributed by atoms with Gasteiger partial charge < -0.3 is 14.6 Å². The number of hydrogen-bond donors (Lipinski definition) is 1. The summed E-state index contributed by atoms with van der Waals surface area (Å²) >= 11 is 2.74. The number of aryl methyl sites for hydroxylation is 1. The van der Waals surface area contributed by atoms with Crippen LogP contribution in [0.1, 0.15) is 61.7 Å². The number of aliphatic hydroxyl groups excluding tert-OH is 1. The monoisotopic (exact) mass is 719 g/mol. The van der Waals surface area contributed by atoms with Crippen molar-refractivity contribution in [3.63, 3.8) is 0 Å². The van der Waals surface area contributed by atoms with Crippen molar-refractivity contribution in [2.75, 3.05) is 18.1 Å². The number of unbranched alkanes of at least 4 members (excludes halogenated alkanes) is 2. The van der Waals surface area contributed by atoms with Crippen LogP contribution in [0.25, 0.3) is 22.2 Å². The molecule has 4 heterocycles. The lowest BCUT2D eigenvalue weighted by Gasteiger charge is -2.23. The van der Waals surface area contributed by atoms with E-state index in [1.54, 1.807) is 35.7 Å². The summed E-state index contributed by atoms with van der Waals surface area (Å²) in [6.07, 6.45) is 4.78. The standard InChI is InChI=1S/C39H37N5O5S2/c1-4-6-11-21-49-29-19-18-26(22-30(29)48-5-2)34-32(35(45)33-24(3)40-31-17-9-10-20-43(31)33)36(46)37(47)44(34)38-41-42-39(51-38)50-23-27-15-12-14-25-13-7-8-16-28(25)27/h7-10,12-20,22,34,45H,4-6,11,21,23H2,1-3H3. The van der Waals surface area contributed by atoms with Crippen LogP contribution in [0.3, 0.4) is 0 Å². The molecular weight excluding hydrogens is 683 g/mol. The summed E-state index contributed by atoms with van der Waals surface area (Å²) in [6, 6.07) is 24.2. The van der Waals surface area contributed by atoms with Crippen molar-refractivity contribution in [1.82, 2.24) is 19.6 Å². The normalized spacial score (nSPS) is 15.7. The maximum absolute atomic E-state index is 14.0. The lowest BCUT2D eigenvalue weighted by Crippen LogP contribution is -2.29. The molecule has 0 radical (unpaired) electrons. The van der Waals surface area contributed by atoms with Gasteiger partial charge in [0.15, 0.2) is 21.6 Å². The van der Waals surface area contributed by atoms with Gasteiger partial charge in [0.05, 0.1) is 30.5 Å². The molecule has 3 aromatic carbocycles. The van der Waals surface area contributed by atoms with Gasteiger partial charge in [-0.3, -0.25) is 18.9 Å². The van der Waals surface area contributed by atoms with Gasteiger partial charge in [-0.15, -0.1) is 10.2 Å². The zero-order chi connectivity index (χ0) is 35.5. The number of aliphatic hydroxyl groups is 1. The van der Waals surface area contributed by atoms with E-state index in [1.807, 2.05) is 43.3 Å². The van der Waals surface area contributed by atoms with Crippen LogP contribution < -0.4 is 14.4 Å². The summed E-state index contributed by atoms with van der Waals surface area (Å²) in [4.78, 5) is 34.0. The number of benzene rings is 3. The third kappa shape index (κ3) is 6.68. The average molecular weight is 720 g/mol. The van der Waals surface area contributed by atoms with Gasteiger partial charge in [-0.2, -0.15) is 0 Å². The first-order valence-corrected chi connectivity index (χ1v) is 18.8. The summed E-state index contributed by atoms with van der Waals surface area (Å²) in [5, 5.41) is 23.4. The van der Waals surface area contributed by atoms with Gasteiger partial charge in [0.25, 0.3) is 5.78 Å². The second-order valence-corrected chi connectivity index (χ2v) is 14.3. The van der Waals surface area contributed by atoms with E-state index in [0.29, 0.717) is 57.4 Å². The van der Waals surface area contributed by atoms with Crippen LogP contribution in [0.2, 0.25) is 0 Å². The average Bonchev–Trinajstić information content (AvgIpc) is 3.82. The molecule has 1 aliphatic rings. The maximum atomic E-state index is 14.0. The number of aromatic nitrogens is 4. The first-order valence-electron chi connectivity index (χ1n) is 17.0. The Morgan fingerprint density at radius 1 is 0.941 bits per heavy atom. The van der Waals surface area contributed by atoms with E-state index in [4.69, 9.17) is 9.47 Å². The third-order valence-electron chi connectivity index (χ3n) is 8.79. The van der Waals surface area contributed by atoms with Crippen molar-refractivity contribution < 1.29 is 24.2 Å². The first-order chi connectivity index (χ1) is 24.9. The summed E-state index contributed by atoms with van der Waals surface area (Å²) in [7, 11) is 0. The van der Waals surface area contributed by atoms with E-state index in [-0.39, 0.29) is 16.5 Å². The van der Waals surface area contributed by atoms with Gasteiger partial charge in [-0.25, -0.2) is 4.98 Å². The number of carbonyl (C=O) groups is 2. The van der Waals surface area contributed by atoms with Crippen LogP contribution in [0.15, 0.2) is 95.0 Å². The van der Waals surface area contributed by atoms with Gasteiger partial charge in [0, 0.05) is 11.9 Å². The molecule has 260 valence electrons. The maximum Gasteiger partial charge on any atom is 0.301 e. The largest absolute Gasteiger partial charge is 0.505 e. The molecule has 6 aromatic rings. The predicted octanol–water partition coefficient (Wildman–Crippen LogP) is 8.53. The molecule has 1 aliphatic heterocycles. The number of nitrogens with zero attached hydrogens (tertiary/aromatic N) is 5. The number of ketones is 1. The number of pyridine rings is 1. The minimum absolute atomic E-state index is 0.0759. The number of anilines is 1. The molecule has 0 spiro atoms. The van der Waals surface area contributed by atoms with Crippen molar-refractivity contribution in [2.24, 2.45) is 0 Å². The minimum Gasteiger partial charge on any atom is -0.505 e. The van der Waals surface area contributed by atoms with Crippen LogP contribution in [0.4, 0.5) is 5.13 Å². The number of imidazole rings is 1. The number of thioether (sulfide) groups is 1. The highest BCUT2D eigenvalue weighted by Crippen LogP contribution is 2.46. The number of rotatable bonds is 13. The van der Waals surface area contributed by atoms with E-state index >= 15 is 0 Å². The van der Waals surface area contributed by atoms with Crippen LogP contribution >= 0.6 is 23.1 Å². The Morgan fingerprint density at radius 3 is 2.61 bits per heavy atom. The van der Waals surface area contributed by atoms with Crippen LogP contribution in [0, 0.1) is 6.92 Å². The van der Waals surface area contributed by atoms with Gasteiger partial charge in [-0.05, 0) is 66.4 Å². The van der Waals surface area contributed by atoms with Gasteiger partial charge in [-0.1, -0.05) is 97.5 Å². The van der Waals surface area contributed by atoms with E-state index in [9.17, 15) is 14.7 Å². The predicted molar refractivity (Wildman–Crippen MR) is 201 cm³/mol. The molecule has 1 unspecified atom stereocenters. The van der Waals surface area contributed by atoms with E-state index in [1.165, 1.54) is 28.0 Å². The molecule has 0 saturated carbocycles. The number of Topliss-reactive ketones (excluding diaryl/α,β-unsaturated/α-hetero) is 1. The van der Waals surface area contributed by atoms with Gasteiger partial charge in [0.1, 0.15) is 11.3 Å². The molecule has 1 atom stereocenters. The molecule has 10 nitrogen and oxygen atoms in total. The molecule has 0 bridgehead atoms. The molecule has 1 N–H and O–H groups in total. The van der Waals surface area contributed by atoms with Gasteiger partial charge >= 0.3 is 5.91 Å². The number of ether oxygens (including phenoxy) is 2. The Balaban J connectivity index is 1.30. The number of fused-ring (bicyclic) bond motifs is 2. The highest BCUT2D eigenvalue weighted by Gasteiger charge is 2.49. The molecular formula is C39H37N5O5S2. The Labute approximate surface area is 303 Å². The molecule has 1 fully saturated rings. The topological polar surface area (TPSA) is 119 Å². The van der Waals surface area contributed by atoms with Crippen LogP contribution in [-0.4, -0.2) is 49.6 Å². The summed E-state index contributed by atoms with van der Waals surface area (Å²) in [5.74, 6) is -0.289. The first kappa shape index (κ1) is 34.3. The zero-order valence-corrected chi connectivity index (χ0v) is 30.2. The number of carbonyl (C=O) groups excluding carboxylic acids is 2. The second-order valence-electron chi connectivity index (χ2n) is 12.1. The third-order valence-corrected chi connectivity index (χ3v) is 10.9. The highest BCUT2D eigenvalue weighted by atomic mass is 32.2. The van der Waals surface area contributed by atoms with E-state index < -0.39 is 17.7 Å². The van der Waals surface area contributed by atoms with Crippen molar-refractivity contribution in [3.8, 4) is 11.5 Å². The molecule has 0 aliphatic carbocycles. The summed E-state index contributed by atoms with van der Waals surface area (Å²) < 4.78 is 14.4. The fraction of sp³-hybridized carbons (Fsp3) is 0.256. The molecule has 7 rings (SSSR count). The molecule has 51 heavy (non-hydrogen) atoms. The fourth-order valence-corrected chi connectivity index (χ4v) is 8.28. The SMILES string of the molecule is CCCCCOc1ccc(C2C(=C(O)c3c(C)nc4ccccn34)C(=O)C(=O)N2c2nnc(SCc3cccc4ccccc34)s2)cc1OCC. The lowest BCUT2D eigenvalue weighted by atomic mass is 9.96. The van der Waals surface area contributed by atoms with Crippen molar-refractivity contribution in [3.05, 3.63) is 113 Å². The quantitative estimate of drug-likeness (QED) is 0.0313. The van der Waals surface area contributed by atoms with E-state index in [0.717, 1.165) is 35.6 Å². The number of amides is 1. The Hall–Kier alpha value is -5.20. The Kier molecular flexibility index (Phi) is 10.0. The summed E-state index contributed by atoms with van der Waals surface area (Å²) in [6.45, 7) is 6.68. The van der Waals surface area contributed by atoms with Crippen molar-refractivity contribution in [2.45, 2.75) is 56.2 Å². The van der Waals surface area contributed by atoms with Crippen molar-refractivity contribution >= 4 is 62.1 Å².